The molecule has 0 aliphatic heterocycles. The van der Waals surface area contributed by atoms with Gasteiger partial charge in [0.2, 0.25) is 0 Å². The molecule has 2 heterocycles. The molecule has 86 valence electrons. The Morgan fingerprint density at radius 1 is 1.53 bits per heavy atom. The number of nitrogens with zero attached hydrogens (tertiary/aromatic N) is 4. The highest BCUT2D eigenvalue weighted by Gasteiger charge is 1.99. The summed E-state index contributed by atoms with van der Waals surface area (Å²) >= 11 is 0. The smallest absolute Gasteiger partial charge is 0.264 e. The van der Waals surface area contributed by atoms with Gasteiger partial charge in [0.1, 0.15) is 5.69 Å². The number of nitrogens with one attached hydrogen (secondary N) is 2. The fraction of sp³-hybridized carbons (Fsp3) is 0.100. The van der Waals surface area contributed by atoms with Gasteiger partial charge in [-0.15, -0.1) is 0 Å². The molecule has 0 radical (unpaired) electrons. The molecule has 17 heavy (non-hydrogen) atoms. The zero-order chi connectivity index (χ0) is 12.1. The Morgan fingerprint density at radius 3 is 3.18 bits per heavy atom. The summed E-state index contributed by atoms with van der Waals surface area (Å²) in [5.41, 5.74) is 3.54. The number of aromatic nitrogens is 4. The summed E-state index contributed by atoms with van der Waals surface area (Å²) < 4.78 is 0. The molecule has 0 aliphatic carbocycles. The van der Waals surface area contributed by atoms with Crippen molar-refractivity contribution in [2.45, 2.75) is 6.92 Å². The van der Waals surface area contributed by atoms with Crippen molar-refractivity contribution < 1.29 is 0 Å². The quantitative estimate of drug-likeness (QED) is 0.584. The van der Waals surface area contributed by atoms with Crippen LogP contribution in [-0.2, 0) is 0 Å². The van der Waals surface area contributed by atoms with Gasteiger partial charge in [0.15, 0.2) is 5.82 Å². The van der Waals surface area contributed by atoms with E-state index in [0.717, 1.165) is 5.56 Å². The summed E-state index contributed by atoms with van der Waals surface area (Å²) in [6.07, 6.45) is 4.92. The Kier molecular flexibility index (Phi) is 3.20. The normalized spacial score (nSPS) is 10.6. The van der Waals surface area contributed by atoms with Crippen LogP contribution in [0.5, 0.6) is 0 Å². The van der Waals surface area contributed by atoms with Crippen LogP contribution < -0.4 is 11.1 Å². The second-order valence-electron chi connectivity index (χ2n) is 3.23. The molecule has 0 atom stereocenters. The van der Waals surface area contributed by atoms with Crippen molar-refractivity contribution in [2.24, 2.45) is 5.10 Å². The highest BCUT2D eigenvalue weighted by molar-refractivity contribution is 5.79. The summed E-state index contributed by atoms with van der Waals surface area (Å²) in [5, 5.41) is 9.93. The third kappa shape index (κ3) is 2.94. The summed E-state index contributed by atoms with van der Waals surface area (Å²) in [7, 11) is 0. The van der Waals surface area contributed by atoms with Crippen molar-refractivity contribution >= 4 is 12.0 Å². The number of hydrogen-bond donors (Lipinski definition) is 2. The standard InChI is InChI=1S/C10H10N6O/c1-7-9(13-10(17)16-14-7)15-12-6-8-3-2-4-11-5-8/h2-6H,1H3,(H2,13,15,16,17). The van der Waals surface area contributed by atoms with E-state index in [1.54, 1.807) is 31.6 Å². The van der Waals surface area contributed by atoms with Crippen LogP contribution in [0.25, 0.3) is 0 Å². The first-order valence-corrected chi connectivity index (χ1v) is 4.88. The zero-order valence-electron chi connectivity index (χ0n) is 9.08. The van der Waals surface area contributed by atoms with Crippen LogP contribution in [0.15, 0.2) is 34.4 Å². The maximum atomic E-state index is 10.9. The molecular formula is C10H10N6O. The number of hydrazone groups is 1. The van der Waals surface area contributed by atoms with E-state index in [4.69, 9.17) is 0 Å². The molecule has 2 N–H and O–H groups in total. The highest BCUT2D eigenvalue weighted by Crippen LogP contribution is 2.02. The number of H-pyrrole nitrogens is 1. The summed E-state index contributed by atoms with van der Waals surface area (Å²) in [6, 6.07) is 3.66. The van der Waals surface area contributed by atoms with E-state index >= 15 is 0 Å². The van der Waals surface area contributed by atoms with Crippen molar-refractivity contribution in [3.63, 3.8) is 0 Å². The monoisotopic (exact) mass is 230 g/mol. The molecule has 0 aliphatic rings. The predicted octanol–water partition coefficient (Wildman–Crippen LogP) is 0.314. The molecule has 0 saturated heterocycles. The van der Waals surface area contributed by atoms with Gasteiger partial charge < -0.3 is 0 Å². The molecule has 2 rings (SSSR count). The topological polar surface area (TPSA) is 95.9 Å². The van der Waals surface area contributed by atoms with E-state index in [1.807, 2.05) is 6.07 Å². The van der Waals surface area contributed by atoms with Gasteiger partial charge in [-0.3, -0.25) is 10.4 Å². The van der Waals surface area contributed by atoms with Gasteiger partial charge in [-0.05, 0) is 13.0 Å². The maximum Gasteiger partial charge on any atom is 0.363 e. The lowest BCUT2D eigenvalue weighted by Gasteiger charge is -2.00. The second-order valence-corrected chi connectivity index (χ2v) is 3.23. The van der Waals surface area contributed by atoms with Crippen LogP contribution in [0.4, 0.5) is 5.82 Å². The molecule has 2 aromatic rings. The van der Waals surface area contributed by atoms with Crippen molar-refractivity contribution in [1.82, 2.24) is 20.2 Å². The average molecular weight is 230 g/mol. The minimum Gasteiger partial charge on any atom is -0.264 e. The lowest BCUT2D eigenvalue weighted by atomic mass is 10.3. The van der Waals surface area contributed by atoms with Gasteiger partial charge in [0.25, 0.3) is 0 Å². The number of rotatable bonds is 3. The van der Waals surface area contributed by atoms with Crippen LogP contribution in [0, 0.1) is 6.92 Å². The molecule has 0 fully saturated rings. The largest absolute Gasteiger partial charge is 0.363 e. The Balaban J connectivity index is 2.10. The molecule has 0 bridgehead atoms. The molecule has 2 aromatic heterocycles. The van der Waals surface area contributed by atoms with Gasteiger partial charge >= 0.3 is 5.69 Å². The van der Waals surface area contributed by atoms with Crippen LogP contribution in [-0.4, -0.2) is 26.4 Å². The van der Waals surface area contributed by atoms with E-state index in [1.165, 1.54) is 0 Å². The second kappa shape index (κ2) is 4.97. The molecule has 0 aromatic carbocycles. The van der Waals surface area contributed by atoms with Gasteiger partial charge in [-0.2, -0.15) is 15.2 Å². The number of aryl methyl sites for hydroxylation is 1. The van der Waals surface area contributed by atoms with Gasteiger partial charge in [0, 0.05) is 18.0 Å². The minimum absolute atomic E-state index is 0.328. The Labute approximate surface area is 96.6 Å². The molecule has 0 saturated carbocycles. The van der Waals surface area contributed by atoms with Crippen LogP contribution in [0.1, 0.15) is 11.3 Å². The van der Waals surface area contributed by atoms with Gasteiger partial charge in [-0.1, -0.05) is 6.07 Å². The van der Waals surface area contributed by atoms with Crippen molar-refractivity contribution in [3.05, 3.63) is 46.3 Å². The Morgan fingerprint density at radius 2 is 2.41 bits per heavy atom. The first kappa shape index (κ1) is 10.9. The fourth-order valence-electron chi connectivity index (χ4n) is 1.12. The Hall–Kier alpha value is -2.57. The SMILES string of the molecule is Cc1n[nH]c(=O)nc1NN=Cc1cccnc1. The number of hydrogen-bond acceptors (Lipinski definition) is 6. The number of anilines is 1. The predicted molar refractivity (Wildman–Crippen MR) is 62.8 cm³/mol. The highest BCUT2D eigenvalue weighted by atomic mass is 16.1. The zero-order valence-corrected chi connectivity index (χ0v) is 9.08. The fourth-order valence-corrected chi connectivity index (χ4v) is 1.12. The molecular weight excluding hydrogens is 220 g/mol. The van der Waals surface area contributed by atoms with Crippen LogP contribution in [0.2, 0.25) is 0 Å². The van der Waals surface area contributed by atoms with Crippen LogP contribution >= 0.6 is 0 Å². The van der Waals surface area contributed by atoms with Crippen molar-refractivity contribution in [2.75, 3.05) is 5.43 Å². The first-order valence-electron chi connectivity index (χ1n) is 4.88. The van der Waals surface area contributed by atoms with E-state index in [-0.39, 0.29) is 0 Å². The van der Waals surface area contributed by atoms with E-state index in [0.29, 0.717) is 11.5 Å². The van der Waals surface area contributed by atoms with Crippen molar-refractivity contribution in [3.8, 4) is 0 Å². The summed E-state index contributed by atoms with van der Waals surface area (Å²) in [4.78, 5) is 18.6. The maximum absolute atomic E-state index is 10.9. The summed E-state index contributed by atoms with van der Waals surface area (Å²) in [6.45, 7) is 1.71. The lowest BCUT2D eigenvalue weighted by molar-refractivity contribution is 0.879. The molecule has 0 spiro atoms. The van der Waals surface area contributed by atoms with E-state index in [2.05, 4.69) is 30.7 Å². The van der Waals surface area contributed by atoms with E-state index < -0.39 is 5.69 Å². The van der Waals surface area contributed by atoms with Gasteiger partial charge in [-0.25, -0.2) is 9.89 Å². The third-order valence-electron chi connectivity index (χ3n) is 1.94. The lowest BCUT2D eigenvalue weighted by Crippen LogP contribution is -2.15. The average Bonchev–Trinajstić information content (AvgIpc) is 2.35. The summed E-state index contributed by atoms with van der Waals surface area (Å²) in [5.74, 6) is 0.328. The molecule has 0 unspecified atom stereocenters. The molecule has 0 amide bonds. The number of aromatic amines is 1. The third-order valence-corrected chi connectivity index (χ3v) is 1.94. The molecule has 7 nitrogen and oxygen atoms in total. The Bertz CT molecular complexity index is 577. The van der Waals surface area contributed by atoms with Crippen molar-refractivity contribution in [1.29, 1.82) is 0 Å². The van der Waals surface area contributed by atoms with E-state index in [9.17, 15) is 4.79 Å². The minimum atomic E-state index is -0.519. The van der Waals surface area contributed by atoms with Crippen LogP contribution in [0.3, 0.4) is 0 Å². The first-order chi connectivity index (χ1) is 8.25. The molecule has 7 heteroatoms. The number of pyridine rings is 1. The van der Waals surface area contributed by atoms with Gasteiger partial charge in [0.05, 0.1) is 6.21 Å².